The van der Waals surface area contributed by atoms with Crippen LogP contribution in [0.1, 0.15) is 16.8 Å². The van der Waals surface area contributed by atoms with Crippen molar-refractivity contribution in [3.8, 4) is 0 Å². The van der Waals surface area contributed by atoms with Gasteiger partial charge in [-0.25, -0.2) is 0 Å². The van der Waals surface area contributed by atoms with E-state index in [0.29, 0.717) is 28.3 Å². The zero-order valence-electron chi connectivity index (χ0n) is 15.1. The van der Waals surface area contributed by atoms with Gasteiger partial charge in [0.25, 0.3) is 0 Å². The van der Waals surface area contributed by atoms with Crippen molar-refractivity contribution in [2.75, 3.05) is 5.88 Å². The first-order valence-corrected chi connectivity index (χ1v) is 10.6. The number of benzene rings is 2. The largest absolute Gasteiger partial charge is 0.340 e. The molecule has 2 aromatic carbocycles. The molecule has 0 saturated heterocycles. The Bertz CT molecular complexity index is 920. The minimum Gasteiger partial charge on any atom is -0.340 e. The fourth-order valence-corrected chi connectivity index (χ4v) is 3.95. The minimum absolute atomic E-state index is 0.564. The van der Waals surface area contributed by atoms with Gasteiger partial charge in [0.2, 0.25) is 0 Å². The SMILES string of the molecule is NN=C(c1ccccn1)N(CSCc1ccc(Cl)c(Cl)c1)Cc1ccccc1. The van der Waals surface area contributed by atoms with Crippen molar-refractivity contribution in [3.05, 3.63) is 99.8 Å². The normalized spacial score (nSPS) is 11.4. The molecule has 0 unspecified atom stereocenters. The third-order valence-electron chi connectivity index (χ3n) is 4.03. The first-order chi connectivity index (χ1) is 13.7. The van der Waals surface area contributed by atoms with Crippen LogP contribution in [0.2, 0.25) is 10.0 Å². The van der Waals surface area contributed by atoms with Gasteiger partial charge in [-0.15, -0.1) is 11.8 Å². The van der Waals surface area contributed by atoms with Crippen LogP contribution in [0.5, 0.6) is 0 Å². The number of hydrazone groups is 1. The second-order valence-electron chi connectivity index (χ2n) is 6.08. The number of pyridine rings is 1. The zero-order valence-corrected chi connectivity index (χ0v) is 17.5. The molecular weight excluding hydrogens is 411 g/mol. The number of amidine groups is 1. The van der Waals surface area contributed by atoms with Crippen molar-refractivity contribution >= 4 is 40.8 Å². The molecule has 0 aliphatic heterocycles. The third kappa shape index (κ3) is 5.64. The maximum absolute atomic E-state index is 6.12. The fourth-order valence-electron chi connectivity index (χ4n) is 2.69. The van der Waals surface area contributed by atoms with Gasteiger partial charge in [-0.2, -0.15) is 5.10 Å². The van der Waals surface area contributed by atoms with Gasteiger partial charge in [-0.3, -0.25) is 4.98 Å². The lowest BCUT2D eigenvalue weighted by molar-refractivity contribution is 0.480. The minimum atomic E-state index is 0.564. The highest BCUT2D eigenvalue weighted by atomic mass is 35.5. The lowest BCUT2D eigenvalue weighted by Crippen LogP contribution is -2.32. The molecule has 1 aromatic heterocycles. The summed E-state index contributed by atoms with van der Waals surface area (Å²) >= 11 is 13.9. The number of nitrogens with zero attached hydrogens (tertiary/aromatic N) is 3. The molecule has 28 heavy (non-hydrogen) atoms. The summed E-state index contributed by atoms with van der Waals surface area (Å²) in [6.45, 7) is 0.682. The number of halogens is 2. The molecule has 0 amide bonds. The lowest BCUT2D eigenvalue weighted by atomic mass is 10.2. The summed E-state index contributed by atoms with van der Waals surface area (Å²) in [4.78, 5) is 6.53. The summed E-state index contributed by atoms with van der Waals surface area (Å²) in [5, 5.41) is 5.17. The van der Waals surface area contributed by atoms with Gasteiger partial charge in [0.05, 0.1) is 15.9 Å². The van der Waals surface area contributed by atoms with E-state index in [1.54, 1.807) is 18.0 Å². The second kappa shape index (κ2) is 10.4. The molecule has 1 heterocycles. The van der Waals surface area contributed by atoms with E-state index in [9.17, 15) is 0 Å². The van der Waals surface area contributed by atoms with Crippen LogP contribution in [0.3, 0.4) is 0 Å². The number of rotatable bonds is 7. The van der Waals surface area contributed by atoms with E-state index in [1.807, 2.05) is 54.6 Å². The molecule has 0 aliphatic rings. The third-order valence-corrected chi connectivity index (χ3v) is 5.80. The van der Waals surface area contributed by atoms with Crippen LogP contribution in [-0.2, 0) is 12.3 Å². The molecule has 2 N–H and O–H groups in total. The maximum Gasteiger partial charge on any atom is 0.175 e. The topological polar surface area (TPSA) is 54.5 Å². The number of hydrogen-bond acceptors (Lipinski definition) is 4. The number of thioether (sulfide) groups is 1. The Morgan fingerprint density at radius 2 is 1.75 bits per heavy atom. The van der Waals surface area contributed by atoms with E-state index in [-0.39, 0.29) is 0 Å². The molecule has 0 fully saturated rings. The molecule has 3 aromatic rings. The average Bonchev–Trinajstić information content (AvgIpc) is 2.72. The highest BCUT2D eigenvalue weighted by Gasteiger charge is 2.15. The van der Waals surface area contributed by atoms with Gasteiger partial charge in [0, 0.05) is 18.5 Å². The summed E-state index contributed by atoms with van der Waals surface area (Å²) in [5.41, 5.74) is 3.04. The van der Waals surface area contributed by atoms with Crippen LogP contribution in [-0.4, -0.2) is 21.6 Å². The van der Waals surface area contributed by atoms with Crippen LogP contribution in [0.25, 0.3) is 0 Å². The van der Waals surface area contributed by atoms with E-state index in [2.05, 4.69) is 27.1 Å². The highest BCUT2D eigenvalue weighted by molar-refractivity contribution is 7.98. The van der Waals surface area contributed by atoms with Crippen molar-refractivity contribution in [2.24, 2.45) is 10.9 Å². The monoisotopic (exact) mass is 430 g/mol. The summed E-state index contributed by atoms with van der Waals surface area (Å²) in [6.07, 6.45) is 1.74. The molecule has 0 atom stereocenters. The Balaban J connectivity index is 1.74. The van der Waals surface area contributed by atoms with E-state index < -0.39 is 0 Å². The number of nitrogens with two attached hydrogens (primary N) is 1. The molecule has 7 heteroatoms. The van der Waals surface area contributed by atoms with Gasteiger partial charge in [-0.1, -0.05) is 65.7 Å². The van der Waals surface area contributed by atoms with Crippen molar-refractivity contribution < 1.29 is 0 Å². The van der Waals surface area contributed by atoms with Crippen LogP contribution < -0.4 is 5.84 Å². The fraction of sp³-hybridized carbons (Fsp3) is 0.143. The van der Waals surface area contributed by atoms with Crippen LogP contribution >= 0.6 is 35.0 Å². The standard InChI is InChI=1S/C21H20Cl2N4S/c22-18-10-9-17(12-19(18)23)14-28-15-27(13-16-6-2-1-3-7-16)21(26-24)20-8-4-5-11-25-20/h1-12H,13-15,24H2. The first kappa shape index (κ1) is 20.5. The van der Waals surface area contributed by atoms with E-state index >= 15 is 0 Å². The Morgan fingerprint density at radius 1 is 0.964 bits per heavy atom. The predicted octanol–water partition coefficient (Wildman–Crippen LogP) is 5.40. The van der Waals surface area contributed by atoms with Crippen LogP contribution in [0, 0.1) is 0 Å². The zero-order chi connectivity index (χ0) is 19.8. The Kier molecular flexibility index (Phi) is 7.60. The van der Waals surface area contributed by atoms with E-state index in [4.69, 9.17) is 29.0 Å². The smallest absolute Gasteiger partial charge is 0.175 e. The van der Waals surface area contributed by atoms with Gasteiger partial charge >= 0.3 is 0 Å². The number of aromatic nitrogens is 1. The summed E-state index contributed by atoms with van der Waals surface area (Å²) in [6, 6.07) is 21.6. The lowest BCUT2D eigenvalue weighted by Gasteiger charge is -2.25. The average molecular weight is 431 g/mol. The van der Waals surface area contributed by atoms with Crippen molar-refractivity contribution in [1.82, 2.24) is 9.88 Å². The Morgan fingerprint density at radius 3 is 2.43 bits per heavy atom. The summed E-state index contributed by atoms with van der Waals surface area (Å²) in [7, 11) is 0. The maximum atomic E-state index is 6.12. The van der Waals surface area contributed by atoms with Gasteiger partial charge in [0.1, 0.15) is 5.69 Å². The molecule has 3 rings (SSSR count). The number of hydrogen-bond donors (Lipinski definition) is 1. The first-order valence-electron chi connectivity index (χ1n) is 8.67. The van der Waals surface area contributed by atoms with E-state index in [0.717, 1.165) is 17.0 Å². The molecule has 0 spiro atoms. The van der Waals surface area contributed by atoms with Crippen LogP contribution in [0.4, 0.5) is 0 Å². The Hall–Kier alpha value is -2.21. The van der Waals surface area contributed by atoms with Crippen molar-refractivity contribution in [3.63, 3.8) is 0 Å². The van der Waals surface area contributed by atoms with Crippen molar-refractivity contribution in [2.45, 2.75) is 12.3 Å². The summed E-state index contributed by atoms with van der Waals surface area (Å²) < 4.78 is 0. The van der Waals surface area contributed by atoms with E-state index in [1.165, 1.54) is 5.56 Å². The molecule has 4 nitrogen and oxygen atoms in total. The van der Waals surface area contributed by atoms with Gasteiger partial charge in [-0.05, 0) is 35.4 Å². The summed E-state index contributed by atoms with van der Waals surface area (Å²) in [5.74, 6) is 7.89. The highest BCUT2D eigenvalue weighted by Crippen LogP contribution is 2.25. The molecule has 0 radical (unpaired) electrons. The molecular formula is C21H20Cl2N4S. The second-order valence-corrected chi connectivity index (χ2v) is 7.85. The molecule has 0 aliphatic carbocycles. The molecule has 144 valence electrons. The van der Waals surface area contributed by atoms with Crippen LogP contribution in [0.15, 0.2) is 78.0 Å². The van der Waals surface area contributed by atoms with Gasteiger partial charge < -0.3 is 10.7 Å². The molecule has 0 saturated carbocycles. The Labute approximate surface area is 179 Å². The van der Waals surface area contributed by atoms with Crippen molar-refractivity contribution in [1.29, 1.82) is 0 Å². The predicted molar refractivity (Wildman–Crippen MR) is 120 cm³/mol. The quantitative estimate of drug-likeness (QED) is 0.179. The molecule has 0 bridgehead atoms. The van der Waals surface area contributed by atoms with Gasteiger partial charge in [0.15, 0.2) is 5.84 Å².